The first-order chi connectivity index (χ1) is 12.6. The van der Waals surface area contributed by atoms with E-state index in [1.807, 2.05) is 0 Å². The molecule has 5 heteroatoms. The van der Waals surface area contributed by atoms with Crippen LogP contribution in [0.4, 0.5) is 4.39 Å². The Morgan fingerprint density at radius 3 is 2.31 bits per heavy atom. The third kappa shape index (κ3) is 5.39. The molecule has 0 aliphatic carbocycles. The number of carbonyl (C=O) groups is 1. The van der Waals surface area contributed by atoms with E-state index in [2.05, 4.69) is 50.4 Å². The monoisotopic (exact) mass is 418 g/mol. The molecule has 0 radical (unpaired) electrons. The van der Waals surface area contributed by atoms with Crippen LogP contribution in [-0.4, -0.2) is 23.9 Å². The van der Waals surface area contributed by atoms with Crippen molar-refractivity contribution < 1.29 is 9.18 Å². The standard InChI is InChI=1S/C21H24BrFN2O/c22-20-13-18(23)9-10-19(20)21(26)24-14-16-5-7-17(8-6-16)15-25-11-3-1-2-4-12-25/h5-10,13H,1-4,11-12,14-15H2,(H,24,26). The van der Waals surface area contributed by atoms with Crippen molar-refractivity contribution in [2.75, 3.05) is 13.1 Å². The van der Waals surface area contributed by atoms with E-state index in [1.165, 1.54) is 62.5 Å². The lowest BCUT2D eigenvalue weighted by molar-refractivity contribution is 0.0950. The molecular formula is C21H24BrFN2O. The normalized spacial score (nSPS) is 15.5. The molecule has 3 rings (SSSR count). The van der Waals surface area contributed by atoms with Crippen molar-refractivity contribution in [2.45, 2.75) is 38.8 Å². The van der Waals surface area contributed by atoms with Gasteiger partial charge < -0.3 is 5.32 Å². The highest BCUT2D eigenvalue weighted by Crippen LogP contribution is 2.18. The third-order valence-electron chi connectivity index (χ3n) is 4.76. The molecule has 2 aromatic rings. The number of hydrogen-bond donors (Lipinski definition) is 1. The van der Waals surface area contributed by atoms with Gasteiger partial charge in [0.05, 0.1) is 5.56 Å². The van der Waals surface area contributed by atoms with E-state index in [0.29, 0.717) is 16.6 Å². The maximum absolute atomic E-state index is 13.1. The first kappa shape index (κ1) is 19.1. The van der Waals surface area contributed by atoms with Gasteiger partial charge >= 0.3 is 0 Å². The summed E-state index contributed by atoms with van der Waals surface area (Å²) in [5.41, 5.74) is 2.80. The molecule has 0 saturated carbocycles. The minimum absolute atomic E-state index is 0.217. The number of nitrogens with zero attached hydrogens (tertiary/aromatic N) is 1. The molecule has 1 heterocycles. The van der Waals surface area contributed by atoms with E-state index in [1.54, 1.807) is 0 Å². The molecule has 1 amide bonds. The lowest BCUT2D eigenvalue weighted by Crippen LogP contribution is -2.24. The van der Waals surface area contributed by atoms with E-state index < -0.39 is 0 Å². The second kappa shape index (κ2) is 9.28. The van der Waals surface area contributed by atoms with Gasteiger partial charge in [-0.25, -0.2) is 4.39 Å². The van der Waals surface area contributed by atoms with Gasteiger partial charge in [-0.1, -0.05) is 37.1 Å². The molecule has 1 aliphatic heterocycles. The van der Waals surface area contributed by atoms with Crippen molar-refractivity contribution in [1.82, 2.24) is 10.2 Å². The lowest BCUT2D eigenvalue weighted by atomic mass is 10.1. The second-order valence-corrected chi connectivity index (χ2v) is 7.67. The van der Waals surface area contributed by atoms with Gasteiger partial charge in [0.1, 0.15) is 5.82 Å². The molecule has 1 aliphatic rings. The average Bonchev–Trinajstić information content (AvgIpc) is 2.89. The van der Waals surface area contributed by atoms with Crippen LogP contribution in [-0.2, 0) is 13.1 Å². The number of benzene rings is 2. The Labute approximate surface area is 162 Å². The molecule has 0 atom stereocenters. The topological polar surface area (TPSA) is 32.3 Å². The number of likely N-dealkylation sites (tertiary alicyclic amines) is 1. The number of nitrogens with one attached hydrogen (secondary N) is 1. The summed E-state index contributed by atoms with van der Waals surface area (Å²) in [6, 6.07) is 12.5. The first-order valence-corrected chi connectivity index (χ1v) is 9.94. The molecule has 26 heavy (non-hydrogen) atoms. The minimum atomic E-state index is -0.367. The molecule has 0 aromatic heterocycles. The molecule has 2 aromatic carbocycles. The summed E-state index contributed by atoms with van der Waals surface area (Å²) in [6.07, 6.45) is 5.28. The smallest absolute Gasteiger partial charge is 0.252 e. The zero-order valence-electron chi connectivity index (χ0n) is 14.8. The molecule has 1 saturated heterocycles. The zero-order valence-corrected chi connectivity index (χ0v) is 16.4. The van der Waals surface area contributed by atoms with Crippen molar-refractivity contribution in [2.24, 2.45) is 0 Å². The summed E-state index contributed by atoms with van der Waals surface area (Å²) in [6.45, 7) is 3.82. The van der Waals surface area contributed by atoms with Gasteiger partial charge in [-0.2, -0.15) is 0 Å². The molecule has 0 unspecified atom stereocenters. The molecular weight excluding hydrogens is 395 g/mol. The zero-order chi connectivity index (χ0) is 18.4. The lowest BCUT2D eigenvalue weighted by Gasteiger charge is -2.19. The van der Waals surface area contributed by atoms with E-state index in [-0.39, 0.29) is 11.7 Å². The number of halogens is 2. The van der Waals surface area contributed by atoms with Crippen molar-refractivity contribution >= 4 is 21.8 Å². The SMILES string of the molecule is O=C(NCc1ccc(CN2CCCCCC2)cc1)c1ccc(F)cc1Br. The fourth-order valence-electron chi connectivity index (χ4n) is 3.27. The van der Waals surface area contributed by atoms with Gasteiger partial charge in [-0.15, -0.1) is 0 Å². The summed E-state index contributed by atoms with van der Waals surface area (Å²) in [5, 5.41) is 2.88. The fraction of sp³-hybridized carbons (Fsp3) is 0.381. The Bertz CT molecular complexity index is 740. The Hall–Kier alpha value is -1.72. The van der Waals surface area contributed by atoms with Gasteiger partial charge in [-0.3, -0.25) is 9.69 Å². The summed E-state index contributed by atoms with van der Waals surface area (Å²) in [5.74, 6) is -0.584. The van der Waals surface area contributed by atoms with Crippen LogP contribution < -0.4 is 5.32 Å². The van der Waals surface area contributed by atoms with Crippen LogP contribution in [0.3, 0.4) is 0 Å². The predicted octanol–water partition coefficient (Wildman–Crippen LogP) is 4.89. The second-order valence-electron chi connectivity index (χ2n) is 6.81. The van der Waals surface area contributed by atoms with Gasteiger partial charge in [0, 0.05) is 17.6 Å². The van der Waals surface area contributed by atoms with Gasteiger partial charge in [0.15, 0.2) is 0 Å². The molecule has 0 spiro atoms. The van der Waals surface area contributed by atoms with Crippen LogP contribution in [0.1, 0.15) is 47.2 Å². The summed E-state index contributed by atoms with van der Waals surface area (Å²) in [4.78, 5) is 14.8. The average molecular weight is 419 g/mol. The van der Waals surface area contributed by atoms with Crippen LogP contribution in [0.15, 0.2) is 46.9 Å². The maximum atomic E-state index is 13.1. The third-order valence-corrected chi connectivity index (χ3v) is 5.41. The molecule has 138 valence electrons. The van der Waals surface area contributed by atoms with E-state index in [0.717, 1.165) is 12.1 Å². The highest BCUT2D eigenvalue weighted by molar-refractivity contribution is 9.10. The molecule has 3 nitrogen and oxygen atoms in total. The van der Waals surface area contributed by atoms with E-state index in [4.69, 9.17) is 0 Å². The maximum Gasteiger partial charge on any atom is 0.252 e. The summed E-state index contributed by atoms with van der Waals surface area (Å²) < 4.78 is 13.6. The Balaban J connectivity index is 1.53. The van der Waals surface area contributed by atoms with Crippen molar-refractivity contribution in [1.29, 1.82) is 0 Å². The Morgan fingerprint density at radius 2 is 1.65 bits per heavy atom. The van der Waals surface area contributed by atoms with Gasteiger partial charge in [0.2, 0.25) is 0 Å². The minimum Gasteiger partial charge on any atom is -0.348 e. The quantitative estimate of drug-likeness (QED) is 0.748. The first-order valence-electron chi connectivity index (χ1n) is 9.15. The predicted molar refractivity (Wildman–Crippen MR) is 105 cm³/mol. The summed E-state index contributed by atoms with van der Waals surface area (Å²) >= 11 is 3.23. The van der Waals surface area contributed by atoms with Gasteiger partial charge in [-0.05, 0) is 71.2 Å². The fourth-order valence-corrected chi connectivity index (χ4v) is 3.80. The van der Waals surface area contributed by atoms with E-state index >= 15 is 0 Å². The van der Waals surface area contributed by atoms with Crippen molar-refractivity contribution in [3.05, 3.63) is 69.4 Å². The van der Waals surface area contributed by atoms with Crippen LogP contribution in [0.25, 0.3) is 0 Å². The van der Waals surface area contributed by atoms with Crippen LogP contribution in [0.2, 0.25) is 0 Å². The van der Waals surface area contributed by atoms with Crippen molar-refractivity contribution in [3.63, 3.8) is 0 Å². The Kier molecular flexibility index (Phi) is 6.80. The number of carbonyl (C=O) groups excluding carboxylic acids is 1. The molecule has 1 N–H and O–H groups in total. The van der Waals surface area contributed by atoms with Crippen LogP contribution in [0.5, 0.6) is 0 Å². The Morgan fingerprint density at radius 1 is 1.00 bits per heavy atom. The van der Waals surface area contributed by atoms with Crippen molar-refractivity contribution in [3.8, 4) is 0 Å². The van der Waals surface area contributed by atoms with Gasteiger partial charge in [0.25, 0.3) is 5.91 Å². The summed E-state index contributed by atoms with van der Waals surface area (Å²) in [7, 11) is 0. The highest BCUT2D eigenvalue weighted by Gasteiger charge is 2.11. The number of hydrogen-bond acceptors (Lipinski definition) is 2. The highest BCUT2D eigenvalue weighted by atomic mass is 79.9. The molecule has 0 bridgehead atoms. The van der Waals surface area contributed by atoms with Crippen LogP contribution >= 0.6 is 15.9 Å². The number of rotatable bonds is 5. The largest absolute Gasteiger partial charge is 0.348 e. The molecule has 1 fully saturated rings. The van der Waals surface area contributed by atoms with E-state index in [9.17, 15) is 9.18 Å². The number of amides is 1. The van der Waals surface area contributed by atoms with Crippen LogP contribution in [0, 0.1) is 5.82 Å².